The fourth-order valence-electron chi connectivity index (χ4n) is 0.860. The highest BCUT2D eigenvalue weighted by Gasteiger charge is 2.81. The molecule has 2 N–H and O–H groups in total. The third-order valence-corrected chi connectivity index (χ3v) is 2.48. The maximum absolute atomic E-state index is 5.73. The molecule has 0 spiro atoms. The Balaban J connectivity index is 2.34. The average Bonchev–Trinajstić information content (AvgIpc) is 1.78. The molecule has 6 heavy (non-hydrogen) atoms. The van der Waals surface area contributed by atoms with E-state index in [0.29, 0.717) is 0 Å². The summed E-state index contributed by atoms with van der Waals surface area (Å²) in [7, 11) is 0. The second-order valence-corrected chi connectivity index (χ2v) is 3.20. The fraction of sp³-hybridized carbons (Fsp3) is 1.00. The molecule has 34 valence electrons. The first-order chi connectivity index (χ1) is 2.66. The van der Waals surface area contributed by atoms with Crippen molar-refractivity contribution in [2.24, 2.45) is 5.73 Å². The number of halogens is 1. The molecule has 0 unspecified atom stereocenters. The molecule has 0 aliphatic heterocycles. The molecule has 1 nitrogen and oxygen atoms in total. The van der Waals surface area contributed by atoms with E-state index in [1.165, 1.54) is 0 Å². The van der Waals surface area contributed by atoms with E-state index in [2.05, 4.69) is 0 Å². The van der Waals surface area contributed by atoms with Gasteiger partial charge in [0.15, 0.2) is 0 Å². The van der Waals surface area contributed by atoms with Crippen molar-refractivity contribution in [1.82, 2.24) is 0 Å². The van der Waals surface area contributed by atoms with Gasteiger partial charge in [0.1, 0.15) is 0 Å². The minimum absolute atomic E-state index is 0.104. The van der Waals surface area contributed by atoms with E-state index in [4.69, 9.17) is 17.3 Å². The van der Waals surface area contributed by atoms with E-state index in [1.54, 1.807) is 0 Å². The Morgan fingerprint density at radius 1 is 1.50 bits per heavy atom. The summed E-state index contributed by atoms with van der Waals surface area (Å²) in [6.07, 6.45) is 2.11. The van der Waals surface area contributed by atoms with Gasteiger partial charge >= 0.3 is 0 Å². The minimum atomic E-state index is 0.104. The molecule has 0 bridgehead atoms. The molecule has 0 saturated heterocycles. The fourth-order valence-corrected chi connectivity index (χ4v) is 1.34. The molecule has 2 heteroatoms. The van der Waals surface area contributed by atoms with Gasteiger partial charge in [-0.2, -0.15) is 0 Å². The van der Waals surface area contributed by atoms with Crippen LogP contribution >= 0.6 is 11.6 Å². The molecule has 2 fully saturated rings. The molecule has 0 radical (unpaired) electrons. The highest BCUT2D eigenvalue weighted by Crippen LogP contribution is 2.73. The Labute approximate surface area is 41.5 Å². The number of alkyl halides is 1. The van der Waals surface area contributed by atoms with Crippen LogP contribution in [0.1, 0.15) is 12.8 Å². The quantitative estimate of drug-likeness (QED) is 0.443. The van der Waals surface area contributed by atoms with Gasteiger partial charge in [0.2, 0.25) is 0 Å². The van der Waals surface area contributed by atoms with Gasteiger partial charge in [-0.25, -0.2) is 0 Å². The maximum Gasteiger partial charge on any atom is 0.0663 e. The molecular formula is C4H6ClN. The van der Waals surface area contributed by atoms with Gasteiger partial charge in [-0.3, -0.25) is 0 Å². The lowest BCUT2D eigenvalue weighted by Crippen LogP contribution is -2.07. The van der Waals surface area contributed by atoms with Crippen LogP contribution in [-0.2, 0) is 0 Å². The number of hydrogen-bond donors (Lipinski definition) is 1. The second kappa shape index (κ2) is 0.467. The molecule has 2 saturated carbocycles. The van der Waals surface area contributed by atoms with E-state index >= 15 is 0 Å². The van der Waals surface area contributed by atoms with Crippen molar-refractivity contribution in [1.29, 1.82) is 0 Å². The van der Waals surface area contributed by atoms with Crippen LogP contribution in [0, 0.1) is 0 Å². The topological polar surface area (TPSA) is 26.0 Å². The standard InChI is InChI=1S/C4H6ClN/c5-3-1-4(3,6)2-3/h1-2,6H2. The van der Waals surface area contributed by atoms with Crippen molar-refractivity contribution >= 4 is 11.6 Å². The van der Waals surface area contributed by atoms with Crippen LogP contribution in [0.3, 0.4) is 0 Å². The van der Waals surface area contributed by atoms with Crippen molar-refractivity contribution in [2.45, 2.75) is 23.3 Å². The van der Waals surface area contributed by atoms with Crippen LogP contribution < -0.4 is 5.73 Å². The van der Waals surface area contributed by atoms with Crippen LogP contribution in [0.15, 0.2) is 0 Å². The SMILES string of the molecule is NC12CC1(Cl)C2. The molecule has 2 aliphatic carbocycles. The first kappa shape index (κ1) is 3.28. The van der Waals surface area contributed by atoms with Gasteiger partial charge in [0, 0.05) is 5.54 Å². The van der Waals surface area contributed by atoms with Crippen LogP contribution in [0.2, 0.25) is 0 Å². The number of nitrogens with two attached hydrogens (primary N) is 1. The van der Waals surface area contributed by atoms with Crippen molar-refractivity contribution in [2.75, 3.05) is 0 Å². The summed E-state index contributed by atoms with van der Waals surface area (Å²) in [6, 6.07) is 0. The molecule has 0 aromatic carbocycles. The summed E-state index contributed by atoms with van der Waals surface area (Å²) in [5, 5.41) is 0. The third-order valence-electron chi connectivity index (χ3n) is 1.83. The van der Waals surface area contributed by atoms with Crippen molar-refractivity contribution in [3.8, 4) is 0 Å². The van der Waals surface area contributed by atoms with Crippen LogP contribution in [0.5, 0.6) is 0 Å². The van der Waals surface area contributed by atoms with Gasteiger partial charge in [0.05, 0.1) is 4.87 Å². The molecule has 0 amide bonds. The maximum atomic E-state index is 5.73. The van der Waals surface area contributed by atoms with Crippen molar-refractivity contribution in [3.63, 3.8) is 0 Å². The van der Waals surface area contributed by atoms with Crippen LogP contribution in [0.4, 0.5) is 0 Å². The normalized spacial score (nSPS) is 73.0. The zero-order chi connectivity index (χ0) is 4.41. The Morgan fingerprint density at radius 2 is 1.67 bits per heavy atom. The Kier molecular flexibility index (Phi) is 0.255. The molecule has 0 heterocycles. The predicted octanol–water partition coefficient (Wildman–Crippen LogP) is 0.469. The van der Waals surface area contributed by atoms with Gasteiger partial charge in [0.25, 0.3) is 0 Å². The largest absolute Gasteiger partial charge is 0.323 e. The molecule has 0 aromatic heterocycles. The summed E-state index contributed by atoms with van der Waals surface area (Å²) < 4.78 is 0. The van der Waals surface area contributed by atoms with Gasteiger partial charge in [-0.05, 0) is 12.8 Å². The Hall–Kier alpha value is 0.250. The smallest absolute Gasteiger partial charge is 0.0663 e. The van der Waals surface area contributed by atoms with E-state index < -0.39 is 0 Å². The van der Waals surface area contributed by atoms with E-state index in [-0.39, 0.29) is 10.4 Å². The van der Waals surface area contributed by atoms with E-state index in [0.717, 1.165) is 12.8 Å². The summed E-state index contributed by atoms with van der Waals surface area (Å²) in [4.78, 5) is 0.104. The molecule has 0 aromatic rings. The number of fused-ring (bicyclic) bond motifs is 1. The minimum Gasteiger partial charge on any atom is -0.323 e. The molecular weight excluding hydrogens is 97.5 g/mol. The lowest BCUT2D eigenvalue weighted by Gasteiger charge is -1.81. The van der Waals surface area contributed by atoms with E-state index in [9.17, 15) is 0 Å². The highest BCUT2D eigenvalue weighted by atomic mass is 35.5. The summed E-state index contributed by atoms with van der Waals surface area (Å²) in [6.45, 7) is 0. The van der Waals surface area contributed by atoms with Crippen LogP contribution in [0.25, 0.3) is 0 Å². The van der Waals surface area contributed by atoms with Gasteiger partial charge < -0.3 is 5.73 Å². The molecule has 2 rings (SSSR count). The first-order valence-corrected chi connectivity index (χ1v) is 2.52. The number of hydrogen-bond acceptors (Lipinski definition) is 1. The zero-order valence-corrected chi connectivity index (χ0v) is 4.13. The summed E-state index contributed by atoms with van der Waals surface area (Å²) in [5.41, 5.74) is 5.66. The second-order valence-electron chi connectivity index (χ2n) is 2.47. The Bertz CT molecular complexity index is 92.1. The van der Waals surface area contributed by atoms with Gasteiger partial charge in [-0.15, -0.1) is 11.6 Å². The lowest BCUT2D eigenvalue weighted by molar-refractivity contribution is 0.808. The monoisotopic (exact) mass is 103 g/mol. The zero-order valence-electron chi connectivity index (χ0n) is 3.37. The lowest BCUT2D eigenvalue weighted by atomic mass is 10.4. The first-order valence-electron chi connectivity index (χ1n) is 2.14. The average molecular weight is 104 g/mol. The Morgan fingerprint density at radius 3 is 1.67 bits per heavy atom. The molecule has 2 aliphatic rings. The van der Waals surface area contributed by atoms with Gasteiger partial charge in [-0.1, -0.05) is 0 Å². The highest BCUT2D eigenvalue weighted by molar-refractivity contribution is 6.31. The summed E-state index contributed by atoms with van der Waals surface area (Å²) in [5.74, 6) is 0. The predicted molar refractivity (Wildman–Crippen MR) is 24.7 cm³/mol. The molecule has 0 atom stereocenters. The van der Waals surface area contributed by atoms with Crippen molar-refractivity contribution in [3.05, 3.63) is 0 Å². The summed E-state index contributed by atoms with van der Waals surface area (Å²) >= 11 is 5.73. The third kappa shape index (κ3) is 0.151. The van der Waals surface area contributed by atoms with Crippen LogP contribution in [-0.4, -0.2) is 10.4 Å². The van der Waals surface area contributed by atoms with Crippen molar-refractivity contribution < 1.29 is 0 Å². The number of rotatable bonds is 0. The van der Waals surface area contributed by atoms with E-state index in [1.807, 2.05) is 0 Å².